The number of anilines is 2. The van der Waals surface area contributed by atoms with Crippen LogP contribution in [0.25, 0.3) is 5.78 Å². The van der Waals surface area contributed by atoms with E-state index >= 15 is 0 Å². The van der Waals surface area contributed by atoms with E-state index in [0.29, 0.717) is 5.78 Å². The van der Waals surface area contributed by atoms with E-state index in [1.165, 1.54) is 6.33 Å². The van der Waals surface area contributed by atoms with E-state index < -0.39 is 0 Å². The number of rotatable bonds is 3. The van der Waals surface area contributed by atoms with Crippen molar-refractivity contribution >= 4 is 17.3 Å². The molecule has 20 heavy (non-hydrogen) atoms. The normalized spacial score (nSPS) is 10.9. The standard InChI is InChI=1S/C14H15N5O/c1-3-12-9(2)17-14-15-8-16-19(14)13(12)18-10-4-6-11(20)7-5-10/h4-8,18,20H,3H2,1-2H3. The molecule has 102 valence electrons. The highest BCUT2D eigenvalue weighted by Gasteiger charge is 2.13. The van der Waals surface area contributed by atoms with Crippen LogP contribution in [0.5, 0.6) is 5.75 Å². The number of fused-ring (bicyclic) bond motifs is 1. The molecular weight excluding hydrogens is 254 g/mol. The number of aromatic nitrogens is 4. The van der Waals surface area contributed by atoms with Crippen LogP contribution in [0.3, 0.4) is 0 Å². The molecule has 3 aromatic rings. The predicted octanol–water partition coefficient (Wildman–Crippen LogP) is 2.44. The minimum absolute atomic E-state index is 0.239. The van der Waals surface area contributed by atoms with E-state index in [1.54, 1.807) is 16.6 Å². The molecule has 0 aliphatic rings. The maximum absolute atomic E-state index is 9.34. The van der Waals surface area contributed by atoms with Crippen LogP contribution in [0.4, 0.5) is 11.5 Å². The molecule has 6 heteroatoms. The van der Waals surface area contributed by atoms with Crippen LogP contribution in [-0.4, -0.2) is 24.7 Å². The van der Waals surface area contributed by atoms with Gasteiger partial charge in [0, 0.05) is 16.9 Å². The van der Waals surface area contributed by atoms with Crippen molar-refractivity contribution in [3.05, 3.63) is 41.9 Å². The molecule has 0 bridgehead atoms. The molecule has 0 amide bonds. The van der Waals surface area contributed by atoms with Gasteiger partial charge in [-0.3, -0.25) is 0 Å². The predicted molar refractivity (Wildman–Crippen MR) is 76.3 cm³/mol. The molecule has 0 atom stereocenters. The van der Waals surface area contributed by atoms with Gasteiger partial charge >= 0.3 is 0 Å². The first kappa shape index (κ1) is 12.4. The van der Waals surface area contributed by atoms with E-state index in [0.717, 1.165) is 29.2 Å². The smallest absolute Gasteiger partial charge is 0.254 e. The fourth-order valence-electron chi connectivity index (χ4n) is 2.22. The number of hydrogen-bond acceptors (Lipinski definition) is 5. The van der Waals surface area contributed by atoms with E-state index in [-0.39, 0.29) is 5.75 Å². The van der Waals surface area contributed by atoms with E-state index in [1.807, 2.05) is 19.1 Å². The molecule has 0 spiro atoms. The van der Waals surface area contributed by atoms with Gasteiger partial charge in [0.25, 0.3) is 5.78 Å². The number of phenols is 1. The second kappa shape index (κ2) is 4.80. The van der Waals surface area contributed by atoms with Gasteiger partial charge in [-0.2, -0.15) is 14.6 Å². The van der Waals surface area contributed by atoms with E-state index in [2.05, 4.69) is 27.3 Å². The first-order valence-corrected chi connectivity index (χ1v) is 6.44. The van der Waals surface area contributed by atoms with Crippen LogP contribution in [-0.2, 0) is 6.42 Å². The molecule has 2 heterocycles. The minimum atomic E-state index is 0.239. The molecule has 3 rings (SSSR count). The van der Waals surface area contributed by atoms with Crippen LogP contribution < -0.4 is 5.32 Å². The van der Waals surface area contributed by atoms with Crippen LogP contribution in [0.1, 0.15) is 18.2 Å². The third-order valence-electron chi connectivity index (χ3n) is 3.22. The number of benzene rings is 1. The van der Waals surface area contributed by atoms with Crippen molar-refractivity contribution in [3.63, 3.8) is 0 Å². The maximum atomic E-state index is 9.34. The van der Waals surface area contributed by atoms with Gasteiger partial charge in [0.05, 0.1) is 0 Å². The van der Waals surface area contributed by atoms with Gasteiger partial charge in [-0.15, -0.1) is 0 Å². The summed E-state index contributed by atoms with van der Waals surface area (Å²) in [4.78, 5) is 8.56. The summed E-state index contributed by atoms with van der Waals surface area (Å²) in [5, 5.41) is 16.9. The van der Waals surface area contributed by atoms with Gasteiger partial charge in [-0.25, -0.2) is 4.98 Å². The Bertz CT molecular complexity index is 748. The molecule has 0 fully saturated rings. The van der Waals surface area contributed by atoms with Crippen molar-refractivity contribution < 1.29 is 5.11 Å². The molecular formula is C14H15N5O. The molecule has 2 N–H and O–H groups in total. The molecule has 2 aromatic heterocycles. The lowest BCUT2D eigenvalue weighted by molar-refractivity contribution is 0.475. The zero-order chi connectivity index (χ0) is 14.1. The van der Waals surface area contributed by atoms with Gasteiger partial charge in [-0.1, -0.05) is 6.92 Å². The molecule has 1 aromatic carbocycles. The molecule has 0 aliphatic carbocycles. The zero-order valence-electron chi connectivity index (χ0n) is 11.3. The largest absolute Gasteiger partial charge is 0.508 e. The van der Waals surface area contributed by atoms with Gasteiger partial charge in [0.1, 0.15) is 17.9 Å². The highest BCUT2D eigenvalue weighted by atomic mass is 16.3. The Balaban J connectivity index is 2.13. The van der Waals surface area contributed by atoms with Crippen molar-refractivity contribution in [2.24, 2.45) is 0 Å². The van der Waals surface area contributed by atoms with Crippen molar-refractivity contribution in [3.8, 4) is 5.75 Å². The fraction of sp³-hybridized carbons (Fsp3) is 0.214. The molecule has 0 saturated heterocycles. The number of aryl methyl sites for hydroxylation is 1. The average Bonchev–Trinajstić information content (AvgIpc) is 2.89. The Morgan fingerprint density at radius 2 is 2.00 bits per heavy atom. The third-order valence-corrected chi connectivity index (χ3v) is 3.22. The van der Waals surface area contributed by atoms with Gasteiger partial charge in [0.15, 0.2) is 0 Å². The Morgan fingerprint density at radius 1 is 1.25 bits per heavy atom. The highest BCUT2D eigenvalue weighted by Crippen LogP contribution is 2.24. The number of nitrogens with zero attached hydrogens (tertiary/aromatic N) is 4. The summed E-state index contributed by atoms with van der Waals surface area (Å²) >= 11 is 0. The lowest BCUT2D eigenvalue weighted by atomic mass is 10.1. The second-order valence-corrected chi connectivity index (χ2v) is 4.52. The van der Waals surface area contributed by atoms with Crippen molar-refractivity contribution in [2.75, 3.05) is 5.32 Å². The summed E-state index contributed by atoms with van der Waals surface area (Å²) in [6, 6.07) is 6.90. The molecule has 0 unspecified atom stereocenters. The van der Waals surface area contributed by atoms with Crippen LogP contribution in [0, 0.1) is 6.92 Å². The molecule has 0 saturated carbocycles. The summed E-state index contributed by atoms with van der Waals surface area (Å²) in [5.74, 6) is 1.67. The maximum Gasteiger partial charge on any atom is 0.254 e. The first-order valence-electron chi connectivity index (χ1n) is 6.44. The van der Waals surface area contributed by atoms with Crippen LogP contribution in [0.15, 0.2) is 30.6 Å². The van der Waals surface area contributed by atoms with E-state index in [4.69, 9.17) is 0 Å². The topological polar surface area (TPSA) is 75.3 Å². The number of hydrogen-bond donors (Lipinski definition) is 2. The zero-order valence-corrected chi connectivity index (χ0v) is 11.3. The summed E-state index contributed by atoms with van der Waals surface area (Å²) in [7, 11) is 0. The Hall–Kier alpha value is -2.63. The minimum Gasteiger partial charge on any atom is -0.508 e. The summed E-state index contributed by atoms with van der Waals surface area (Å²) in [6.07, 6.45) is 2.33. The van der Waals surface area contributed by atoms with Crippen LogP contribution in [0.2, 0.25) is 0 Å². The Labute approximate surface area is 116 Å². The number of aromatic hydroxyl groups is 1. The molecule has 6 nitrogen and oxygen atoms in total. The van der Waals surface area contributed by atoms with Crippen molar-refractivity contribution in [1.82, 2.24) is 19.6 Å². The van der Waals surface area contributed by atoms with Crippen LogP contribution >= 0.6 is 0 Å². The summed E-state index contributed by atoms with van der Waals surface area (Å²) in [6.45, 7) is 4.05. The monoisotopic (exact) mass is 269 g/mol. The number of nitrogens with one attached hydrogen (secondary N) is 1. The average molecular weight is 269 g/mol. The second-order valence-electron chi connectivity index (χ2n) is 4.52. The third kappa shape index (κ3) is 2.05. The quantitative estimate of drug-likeness (QED) is 0.714. The van der Waals surface area contributed by atoms with Gasteiger partial charge < -0.3 is 10.4 Å². The molecule has 0 aliphatic heterocycles. The van der Waals surface area contributed by atoms with E-state index in [9.17, 15) is 5.11 Å². The lowest BCUT2D eigenvalue weighted by Crippen LogP contribution is -2.08. The van der Waals surface area contributed by atoms with Gasteiger partial charge in [0.2, 0.25) is 0 Å². The van der Waals surface area contributed by atoms with Gasteiger partial charge in [-0.05, 0) is 37.6 Å². The molecule has 0 radical (unpaired) electrons. The first-order chi connectivity index (χ1) is 9.69. The Morgan fingerprint density at radius 3 is 2.70 bits per heavy atom. The lowest BCUT2D eigenvalue weighted by Gasteiger charge is -2.14. The van der Waals surface area contributed by atoms with Crippen molar-refractivity contribution in [1.29, 1.82) is 0 Å². The SMILES string of the molecule is CCc1c(C)nc2ncnn2c1Nc1ccc(O)cc1. The Kier molecular flexibility index (Phi) is 2.98. The summed E-state index contributed by atoms with van der Waals surface area (Å²) in [5.41, 5.74) is 2.91. The fourth-order valence-corrected chi connectivity index (χ4v) is 2.22. The summed E-state index contributed by atoms with van der Waals surface area (Å²) < 4.78 is 1.69. The van der Waals surface area contributed by atoms with Crippen molar-refractivity contribution in [2.45, 2.75) is 20.3 Å². The highest BCUT2D eigenvalue weighted by molar-refractivity contribution is 5.63. The number of phenolic OH excluding ortho intramolecular Hbond substituents is 1.